The van der Waals surface area contributed by atoms with Crippen LogP contribution in [0.3, 0.4) is 0 Å². The quantitative estimate of drug-likeness (QED) is 0.841. The largest absolute Gasteiger partial charge is 0.339 e. The van der Waals surface area contributed by atoms with Crippen LogP contribution in [-0.2, 0) is 14.8 Å². The standard InChI is InChI=1S/C13H24N2O3S/c1-10(12-5-3-2-4-6-12)15-8-11(7-13(15)16)9-19(14,17)18/h10-12H,2-9H2,1H3,(H2,14,17,18)/t10-,11?/m0/s1. The Morgan fingerprint density at radius 1 is 1.32 bits per heavy atom. The highest BCUT2D eigenvalue weighted by Crippen LogP contribution is 2.32. The predicted molar refractivity (Wildman–Crippen MR) is 73.8 cm³/mol. The monoisotopic (exact) mass is 288 g/mol. The molecule has 6 heteroatoms. The summed E-state index contributed by atoms with van der Waals surface area (Å²) in [5, 5.41) is 5.07. The molecule has 1 unspecified atom stereocenters. The third-order valence-corrected chi connectivity index (χ3v) is 5.47. The Morgan fingerprint density at radius 3 is 2.53 bits per heavy atom. The van der Waals surface area contributed by atoms with Crippen LogP contribution in [-0.4, -0.2) is 37.6 Å². The highest BCUT2D eigenvalue weighted by molar-refractivity contribution is 7.89. The molecule has 0 aromatic heterocycles. The van der Waals surface area contributed by atoms with E-state index >= 15 is 0 Å². The number of carbonyl (C=O) groups excluding carboxylic acids is 1. The lowest BCUT2D eigenvalue weighted by atomic mass is 9.84. The fourth-order valence-electron chi connectivity index (χ4n) is 3.51. The maximum absolute atomic E-state index is 12.0. The van der Waals surface area contributed by atoms with Crippen LogP contribution in [0.2, 0.25) is 0 Å². The normalized spacial score (nSPS) is 27.8. The van der Waals surface area contributed by atoms with E-state index in [2.05, 4.69) is 6.92 Å². The summed E-state index contributed by atoms with van der Waals surface area (Å²) >= 11 is 0. The van der Waals surface area contributed by atoms with Gasteiger partial charge in [-0.25, -0.2) is 13.6 Å². The first kappa shape index (κ1) is 14.8. The maximum atomic E-state index is 12.0. The van der Waals surface area contributed by atoms with Crippen molar-refractivity contribution in [2.24, 2.45) is 17.0 Å². The van der Waals surface area contributed by atoms with Crippen molar-refractivity contribution < 1.29 is 13.2 Å². The molecule has 2 fully saturated rings. The minimum atomic E-state index is -3.48. The van der Waals surface area contributed by atoms with Crippen LogP contribution >= 0.6 is 0 Å². The van der Waals surface area contributed by atoms with Gasteiger partial charge in [0.1, 0.15) is 0 Å². The second kappa shape index (κ2) is 5.79. The van der Waals surface area contributed by atoms with E-state index in [1.807, 2.05) is 4.90 Å². The minimum absolute atomic E-state index is 0.0768. The van der Waals surface area contributed by atoms with E-state index < -0.39 is 10.0 Å². The summed E-state index contributed by atoms with van der Waals surface area (Å²) < 4.78 is 22.2. The summed E-state index contributed by atoms with van der Waals surface area (Å²) in [5.41, 5.74) is 0. The minimum Gasteiger partial charge on any atom is -0.339 e. The molecule has 2 aliphatic rings. The van der Waals surface area contributed by atoms with Gasteiger partial charge < -0.3 is 4.90 Å². The van der Waals surface area contributed by atoms with Gasteiger partial charge in [0.2, 0.25) is 15.9 Å². The molecule has 1 saturated heterocycles. The predicted octanol–water partition coefficient (Wildman–Crippen LogP) is 1.09. The third kappa shape index (κ3) is 3.92. The highest BCUT2D eigenvalue weighted by atomic mass is 32.2. The molecule has 5 nitrogen and oxygen atoms in total. The zero-order chi connectivity index (χ0) is 14.0. The van der Waals surface area contributed by atoms with Gasteiger partial charge in [0, 0.05) is 24.9 Å². The van der Waals surface area contributed by atoms with E-state index in [0.29, 0.717) is 18.9 Å². The molecule has 1 aliphatic carbocycles. The van der Waals surface area contributed by atoms with Crippen LogP contribution in [0, 0.1) is 11.8 Å². The van der Waals surface area contributed by atoms with Gasteiger partial charge in [-0.1, -0.05) is 19.3 Å². The summed E-state index contributed by atoms with van der Waals surface area (Å²) in [6.45, 7) is 2.65. The lowest BCUT2D eigenvalue weighted by Crippen LogP contribution is -2.40. The molecule has 19 heavy (non-hydrogen) atoms. The lowest BCUT2D eigenvalue weighted by molar-refractivity contribution is -0.130. The van der Waals surface area contributed by atoms with E-state index in [1.54, 1.807) is 0 Å². The number of amides is 1. The first-order valence-corrected chi connectivity index (χ1v) is 8.88. The van der Waals surface area contributed by atoms with Crippen LogP contribution in [0.4, 0.5) is 0 Å². The van der Waals surface area contributed by atoms with Crippen molar-refractivity contribution in [3.8, 4) is 0 Å². The van der Waals surface area contributed by atoms with Crippen molar-refractivity contribution in [1.82, 2.24) is 4.90 Å². The van der Waals surface area contributed by atoms with Crippen molar-refractivity contribution >= 4 is 15.9 Å². The number of hydrogen-bond acceptors (Lipinski definition) is 3. The van der Waals surface area contributed by atoms with Gasteiger partial charge in [-0.3, -0.25) is 4.79 Å². The van der Waals surface area contributed by atoms with Crippen LogP contribution < -0.4 is 5.14 Å². The van der Waals surface area contributed by atoms with Gasteiger partial charge in [0.05, 0.1) is 5.75 Å². The van der Waals surface area contributed by atoms with Gasteiger partial charge in [-0.05, 0) is 25.7 Å². The van der Waals surface area contributed by atoms with E-state index in [4.69, 9.17) is 5.14 Å². The maximum Gasteiger partial charge on any atom is 0.223 e. The fourth-order valence-corrected chi connectivity index (χ4v) is 4.39. The Kier molecular flexibility index (Phi) is 4.50. The Labute approximate surface area is 115 Å². The zero-order valence-electron chi connectivity index (χ0n) is 11.5. The molecule has 2 atom stereocenters. The molecule has 2 rings (SSSR count). The summed E-state index contributed by atoms with van der Waals surface area (Å²) in [7, 11) is -3.48. The smallest absolute Gasteiger partial charge is 0.223 e. The van der Waals surface area contributed by atoms with Crippen LogP contribution in [0.15, 0.2) is 0 Å². The van der Waals surface area contributed by atoms with Crippen molar-refractivity contribution in [1.29, 1.82) is 0 Å². The third-order valence-electron chi connectivity index (χ3n) is 4.53. The number of primary sulfonamides is 1. The molecule has 1 amide bonds. The number of hydrogen-bond donors (Lipinski definition) is 1. The number of carbonyl (C=O) groups is 1. The molecule has 0 radical (unpaired) electrons. The van der Waals surface area contributed by atoms with Crippen molar-refractivity contribution in [2.75, 3.05) is 12.3 Å². The molecule has 2 N–H and O–H groups in total. The van der Waals surface area contributed by atoms with E-state index in [0.717, 1.165) is 0 Å². The lowest BCUT2D eigenvalue weighted by Gasteiger charge is -2.34. The van der Waals surface area contributed by atoms with Crippen molar-refractivity contribution in [3.63, 3.8) is 0 Å². The fraction of sp³-hybridized carbons (Fsp3) is 0.923. The van der Waals surface area contributed by atoms with Gasteiger partial charge in [-0.2, -0.15) is 0 Å². The Balaban J connectivity index is 1.95. The average Bonchev–Trinajstić information content (AvgIpc) is 2.68. The van der Waals surface area contributed by atoms with Crippen LogP contribution in [0.25, 0.3) is 0 Å². The van der Waals surface area contributed by atoms with Crippen molar-refractivity contribution in [3.05, 3.63) is 0 Å². The van der Waals surface area contributed by atoms with Gasteiger partial charge in [0.25, 0.3) is 0 Å². The second-order valence-electron chi connectivity index (χ2n) is 6.08. The molecular formula is C13H24N2O3S. The zero-order valence-corrected chi connectivity index (χ0v) is 12.4. The SMILES string of the molecule is C[C@@H](C1CCCCC1)N1CC(CS(N)(=O)=O)CC1=O. The van der Waals surface area contributed by atoms with E-state index in [1.165, 1.54) is 32.1 Å². The molecule has 110 valence electrons. The number of sulfonamides is 1. The summed E-state index contributed by atoms with van der Waals surface area (Å²) in [4.78, 5) is 13.9. The number of rotatable bonds is 4. The number of nitrogens with two attached hydrogens (primary N) is 1. The second-order valence-corrected chi connectivity index (χ2v) is 7.74. The summed E-state index contributed by atoms with van der Waals surface area (Å²) in [6.07, 6.45) is 6.49. The molecule has 0 aromatic carbocycles. The molecule has 1 heterocycles. The summed E-state index contributed by atoms with van der Waals surface area (Å²) in [6, 6.07) is 0.235. The molecule has 1 aliphatic heterocycles. The van der Waals surface area contributed by atoms with Crippen LogP contribution in [0.1, 0.15) is 45.4 Å². The first-order chi connectivity index (χ1) is 8.87. The summed E-state index contributed by atoms with van der Waals surface area (Å²) in [5.74, 6) is 0.457. The Morgan fingerprint density at radius 2 is 1.95 bits per heavy atom. The van der Waals surface area contributed by atoms with E-state index in [-0.39, 0.29) is 23.6 Å². The number of likely N-dealkylation sites (tertiary alicyclic amines) is 1. The molecule has 0 spiro atoms. The van der Waals surface area contributed by atoms with Crippen LogP contribution in [0.5, 0.6) is 0 Å². The van der Waals surface area contributed by atoms with Gasteiger partial charge in [-0.15, -0.1) is 0 Å². The van der Waals surface area contributed by atoms with Gasteiger partial charge >= 0.3 is 0 Å². The van der Waals surface area contributed by atoms with Crippen molar-refractivity contribution in [2.45, 2.75) is 51.5 Å². The highest BCUT2D eigenvalue weighted by Gasteiger charge is 2.37. The molecule has 0 aromatic rings. The average molecular weight is 288 g/mol. The van der Waals surface area contributed by atoms with Gasteiger partial charge in [0.15, 0.2) is 0 Å². The molecule has 1 saturated carbocycles. The first-order valence-electron chi connectivity index (χ1n) is 7.17. The molecule has 0 bridgehead atoms. The molecular weight excluding hydrogens is 264 g/mol. The number of nitrogens with zero attached hydrogens (tertiary/aromatic N) is 1. The Bertz CT molecular complexity index is 429. The topological polar surface area (TPSA) is 80.5 Å². The Hall–Kier alpha value is -0.620. The van der Waals surface area contributed by atoms with E-state index in [9.17, 15) is 13.2 Å².